The fourth-order valence-corrected chi connectivity index (χ4v) is 5.88. The van der Waals surface area contributed by atoms with Crippen molar-refractivity contribution in [3.05, 3.63) is 107 Å². The molecule has 8 heteroatoms. The van der Waals surface area contributed by atoms with Crippen LogP contribution >= 0.6 is 0 Å². The maximum absolute atomic E-state index is 14.3. The van der Waals surface area contributed by atoms with E-state index in [1.165, 1.54) is 0 Å². The smallest absolute Gasteiger partial charge is 0.197 e. The average Bonchev–Trinajstić information content (AvgIpc) is 3.45. The molecule has 4 aromatic carbocycles. The van der Waals surface area contributed by atoms with E-state index >= 15 is 0 Å². The second-order valence-corrected chi connectivity index (χ2v) is 17.5. The van der Waals surface area contributed by atoms with Crippen LogP contribution < -0.4 is 18.9 Å². The summed E-state index contributed by atoms with van der Waals surface area (Å²) in [6, 6.07) is 26.4. The highest BCUT2D eigenvalue weighted by molar-refractivity contribution is 6.74. The molecule has 0 radical (unpaired) electrons. The van der Waals surface area contributed by atoms with Crippen LogP contribution in [0.5, 0.6) is 23.0 Å². The van der Waals surface area contributed by atoms with Crippen molar-refractivity contribution >= 4 is 25.1 Å². The summed E-state index contributed by atoms with van der Waals surface area (Å²) in [5, 5.41) is 0.697. The SMILES string of the molecule is COc1ccc(C(=O)c2c(-c3ccc(OCc4ccccc4)c(OC)c3)oc3c(OC)cc(CO[Si](C)(C)C(C)(C)C)cc23)cc1. The monoisotopic (exact) mass is 638 g/mol. The zero-order valence-corrected chi connectivity index (χ0v) is 28.9. The van der Waals surface area contributed by atoms with Crippen LogP contribution in [0.4, 0.5) is 0 Å². The van der Waals surface area contributed by atoms with Crippen molar-refractivity contribution in [2.24, 2.45) is 0 Å². The summed E-state index contributed by atoms with van der Waals surface area (Å²) >= 11 is 0. The summed E-state index contributed by atoms with van der Waals surface area (Å²) in [5.41, 5.74) is 4.01. The van der Waals surface area contributed by atoms with E-state index in [1.807, 2.05) is 60.7 Å². The molecule has 0 saturated carbocycles. The zero-order chi connectivity index (χ0) is 33.1. The minimum atomic E-state index is -2.04. The molecule has 1 aromatic heterocycles. The van der Waals surface area contributed by atoms with Gasteiger partial charge in [0.1, 0.15) is 18.1 Å². The molecule has 46 heavy (non-hydrogen) atoms. The van der Waals surface area contributed by atoms with Gasteiger partial charge in [0, 0.05) is 16.5 Å². The molecule has 0 unspecified atom stereocenters. The van der Waals surface area contributed by atoms with Gasteiger partial charge >= 0.3 is 0 Å². The molecule has 0 bridgehead atoms. The van der Waals surface area contributed by atoms with Crippen molar-refractivity contribution in [2.75, 3.05) is 21.3 Å². The Balaban J connectivity index is 1.62. The molecule has 0 N–H and O–H groups in total. The number of carbonyl (C=O) groups excluding carboxylic acids is 1. The molecular weight excluding hydrogens is 596 g/mol. The highest BCUT2D eigenvalue weighted by Crippen LogP contribution is 2.43. The third kappa shape index (κ3) is 6.83. The fraction of sp³-hybridized carbons (Fsp3) is 0.289. The van der Waals surface area contributed by atoms with E-state index in [4.69, 9.17) is 27.8 Å². The summed E-state index contributed by atoms with van der Waals surface area (Å²) in [5.74, 6) is 2.50. The van der Waals surface area contributed by atoms with Crippen LogP contribution in [0, 0.1) is 0 Å². The lowest BCUT2D eigenvalue weighted by atomic mass is 9.96. The summed E-state index contributed by atoms with van der Waals surface area (Å²) in [6.07, 6.45) is 0. The molecule has 0 amide bonds. The molecule has 0 aliphatic carbocycles. The van der Waals surface area contributed by atoms with Crippen LogP contribution in [0.15, 0.2) is 89.3 Å². The Labute approximate surface area is 272 Å². The Bertz CT molecular complexity index is 1820. The van der Waals surface area contributed by atoms with E-state index in [2.05, 4.69) is 33.9 Å². The molecule has 0 aliphatic heterocycles. The normalized spacial score (nSPS) is 11.8. The first-order valence-electron chi connectivity index (χ1n) is 15.3. The van der Waals surface area contributed by atoms with E-state index in [-0.39, 0.29) is 10.8 Å². The molecule has 0 fully saturated rings. The van der Waals surface area contributed by atoms with E-state index in [1.54, 1.807) is 45.6 Å². The van der Waals surface area contributed by atoms with Gasteiger partial charge in [-0.25, -0.2) is 0 Å². The Morgan fingerprint density at radius 1 is 0.739 bits per heavy atom. The van der Waals surface area contributed by atoms with Crippen molar-refractivity contribution in [1.29, 1.82) is 0 Å². The first-order valence-corrected chi connectivity index (χ1v) is 18.2. The van der Waals surface area contributed by atoms with Crippen molar-refractivity contribution < 1.29 is 32.6 Å². The third-order valence-corrected chi connectivity index (χ3v) is 13.2. The summed E-state index contributed by atoms with van der Waals surface area (Å²) in [7, 11) is 2.75. The summed E-state index contributed by atoms with van der Waals surface area (Å²) in [4.78, 5) is 14.3. The van der Waals surface area contributed by atoms with Gasteiger partial charge in [0.05, 0.1) is 33.5 Å². The predicted molar refractivity (Wildman–Crippen MR) is 184 cm³/mol. The number of furan rings is 1. The van der Waals surface area contributed by atoms with Crippen LogP contribution in [0.3, 0.4) is 0 Å². The number of rotatable bonds is 12. The molecule has 5 rings (SSSR count). The Kier molecular flexibility index (Phi) is 9.60. The summed E-state index contributed by atoms with van der Waals surface area (Å²) < 4.78 is 36.0. The van der Waals surface area contributed by atoms with Gasteiger partial charge in [-0.05, 0) is 83.9 Å². The largest absolute Gasteiger partial charge is 0.497 e. The van der Waals surface area contributed by atoms with Crippen LogP contribution in [0.2, 0.25) is 18.1 Å². The molecule has 0 atom stereocenters. The Hall–Kier alpha value is -4.53. The van der Waals surface area contributed by atoms with E-state index < -0.39 is 8.32 Å². The lowest BCUT2D eigenvalue weighted by Gasteiger charge is -2.36. The van der Waals surface area contributed by atoms with Crippen molar-refractivity contribution in [3.63, 3.8) is 0 Å². The second kappa shape index (κ2) is 13.4. The average molecular weight is 639 g/mol. The predicted octanol–water partition coefficient (Wildman–Crippen LogP) is 9.46. The molecule has 0 saturated heterocycles. The quantitative estimate of drug-likeness (QED) is 0.0995. The Morgan fingerprint density at radius 2 is 1.43 bits per heavy atom. The highest BCUT2D eigenvalue weighted by Gasteiger charge is 2.37. The Morgan fingerprint density at radius 3 is 2.07 bits per heavy atom. The van der Waals surface area contributed by atoms with Gasteiger partial charge in [0.2, 0.25) is 0 Å². The van der Waals surface area contributed by atoms with E-state index in [0.29, 0.717) is 69.6 Å². The molecule has 0 spiro atoms. The number of benzene rings is 4. The lowest BCUT2D eigenvalue weighted by molar-refractivity contribution is 0.104. The number of methoxy groups -OCH3 is 3. The lowest BCUT2D eigenvalue weighted by Crippen LogP contribution is -2.40. The van der Waals surface area contributed by atoms with E-state index in [0.717, 1.165) is 11.1 Å². The van der Waals surface area contributed by atoms with Crippen LogP contribution in [-0.2, 0) is 17.6 Å². The summed E-state index contributed by atoms with van der Waals surface area (Å²) in [6.45, 7) is 11.9. The molecule has 1 heterocycles. The minimum absolute atomic E-state index is 0.0511. The first kappa shape index (κ1) is 32.8. The van der Waals surface area contributed by atoms with Gasteiger partial charge in [-0.3, -0.25) is 4.79 Å². The van der Waals surface area contributed by atoms with Crippen molar-refractivity contribution in [1.82, 2.24) is 0 Å². The maximum Gasteiger partial charge on any atom is 0.197 e. The molecule has 5 aromatic rings. The van der Waals surface area contributed by atoms with Gasteiger partial charge in [-0.2, -0.15) is 0 Å². The molecule has 240 valence electrons. The van der Waals surface area contributed by atoms with Gasteiger partial charge < -0.3 is 27.8 Å². The van der Waals surface area contributed by atoms with Crippen LogP contribution in [0.25, 0.3) is 22.3 Å². The van der Waals surface area contributed by atoms with E-state index in [9.17, 15) is 4.79 Å². The van der Waals surface area contributed by atoms with Crippen molar-refractivity contribution in [2.45, 2.75) is 52.1 Å². The molecular formula is C38H42O7Si. The minimum Gasteiger partial charge on any atom is -0.497 e. The third-order valence-electron chi connectivity index (χ3n) is 8.68. The van der Waals surface area contributed by atoms with Crippen LogP contribution in [0.1, 0.15) is 47.8 Å². The van der Waals surface area contributed by atoms with Gasteiger partial charge in [-0.1, -0.05) is 51.1 Å². The number of ketones is 1. The topological polar surface area (TPSA) is 76.4 Å². The standard InChI is InChI=1S/C38H42O7Si/c1-38(2,3)46(7,8)44-24-26-20-30-34(35(39)27-14-17-29(40-4)18-15-27)36(45-37(30)33(21-26)42-6)28-16-19-31(32(22-28)41-5)43-23-25-12-10-9-11-13-25/h9-22H,23-24H2,1-8H3. The van der Waals surface area contributed by atoms with Gasteiger partial charge in [0.15, 0.2) is 36.9 Å². The number of carbonyl (C=O) groups is 1. The van der Waals surface area contributed by atoms with Crippen LogP contribution in [-0.4, -0.2) is 35.4 Å². The molecule has 0 aliphatic rings. The highest BCUT2D eigenvalue weighted by atomic mass is 28.4. The number of hydrogen-bond acceptors (Lipinski definition) is 7. The van der Waals surface area contributed by atoms with Gasteiger partial charge in [-0.15, -0.1) is 0 Å². The number of fused-ring (bicyclic) bond motifs is 1. The number of ether oxygens (including phenoxy) is 4. The number of hydrogen-bond donors (Lipinski definition) is 0. The zero-order valence-electron chi connectivity index (χ0n) is 27.9. The second-order valence-electron chi connectivity index (χ2n) is 12.7. The first-order chi connectivity index (χ1) is 22.0. The van der Waals surface area contributed by atoms with Crippen molar-refractivity contribution in [3.8, 4) is 34.3 Å². The molecule has 7 nitrogen and oxygen atoms in total. The maximum atomic E-state index is 14.3. The van der Waals surface area contributed by atoms with Gasteiger partial charge in [0.25, 0.3) is 0 Å². The fourth-order valence-electron chi connectivity index (χ4n) is 4.92.